The van der Waals surface area contributed by atoms with E-state index in [1.165, 1.54) is 0 Å². The van der Waals surface area contributed by atoms with Gasteiger partial charge >= 0.3 is 11.9 Å². The van der Waals surface area contributed by atoms with Crippen molar-refractivity contribution in [3.05, 3.63) is 29.8 Å². The fraction of sp³-hybridized carbons (Fsp3) is 0.667. The molecule has 2 N–H and O–H groups in total. The van der Waals surface area contributed by atoms with Crippen molar-refractivity contribution >= 4 is 17.6 Å². The lowest BCUT2D eigenvalue weighted by atomic mass is 9.94. The zero-order valence-electron chi connectivity index (χ0n) is 19.8. The van der Waals surface area contributed by atoms with E-state index >= 15 is 0 Å². The van der Waals surface area contributed by atoms with Gasteiger partial charge in [0.1, 0.15) is 11.2 Å². The van der Waals surface area contributed by atoms with Crippen LogP contribution in [0.3, 0.4) is 0 Å². The molecule has 0 spiro atoms. The van der Waals surface area contributed by atoms with E-state index in [0.717, 1.165) is 11.3 Å². The predicted molar refractivity (Wildman–Crippen MR) is 121 cm³/mol. The molecule has 1 aromatic carbocycles. The topological polar surface area (TPSA) is 96.3 Å². The summed E-state index contributed by atoms with van der Waals surface area (Å²) in [7, 11) is 0. The van der Waals surface area contributed by atoms with Crippen LogP contribution in [0.2, 0.25) is 0 Å². The highest BCUT2D eigenvalue weighted by Crippen LogP contribution is 2.23. The predicted octanol–water partition coefficient (Wildman–Crippen LogP) is 3.10. The number of ether oxygens (including phenoxy) is 2. The minimum Gasteiger partial charge on any atom is -0.460 e. The van der Waals surface area contributed by atoms with Crippen LogP contribution in [0.25, 0.3) is 0 Å². The van der Waals surface area contributed by atoms with Gasteiger partial charge in [0.2, 0.25) is 0 Å². The van der Waals surface area contributed by atoms with Gasteiger partial charge in [-0.2, -0.15) is 0 Å². The van der Waals surface area contributed by atoms with Crippen LogP contribution in [0.5, 0.6) is 0 Å². The molecular formula is C24H39NO6. The molecule has 0 amide bonds. The molecule has 0 fully saturated rings. The molecule has 1 rings (SSSR count). The van der Waals surface area contributed by atoms with E-state index in [9.17, 15) is 19.8 Å². The smallest absolute Gasteiger partial charge is 0.309 e. The molecule has 176 valence electrons. The van der Waals surface area contributed by atoms with Gasteiger partial charge in [0, 0.05) is 25.2 Å². The second-order valence-electron chi connectivity index (χ2n) is 9.66. The molecule has 1 atom stereocenters. The summed E-state index contributed by atoms with van der Waals surface area (Å²) in [5, 5.41) is 18.4. The third-order valence-corrected chi connectivity index (χ3v) is 4.38. The molecule has 7 heteroatoms. The number of hydrogen-bond acceptors (Lipinski definition) is 7. The third kappa shape index (κ3) is 11.2. The van der Waals surface area contributed by atoms with Crippen molar-refractivity contribution in [3.8, 4) is 0 Å². The lowest BCUT2D eigenvalue weighted by molar-refractivity contribution is -0.161. The first-order valence-electron chi connectivity index (χ1n) is 10.8. The largest absolute Gasteiger partial charge is 0.460 e. The molecule has 31 heavy (non-hydrogen) atoms. The number of rotatable bonds is 11. The van der Waals surface area contributed by atoms with Crippen LogP contribution in [0, 0.1) is 5.92 Å². The molecule has 0 bridgehead atoms. The van der Waals surface area contributed by atoms with E-state index in [2.05, 4.69) is 0 Å². The Bertz CT molecular complexity index is 682. The van der Waals surface area contributed by atoms with Crippen molar-refractivity contribution in [1.29, 1.82) is 0 Å². The van der Waals surface area contributed by atoms with Crippen molar-refractivity contribution < 1.29 is 29.3 Å². The molecule has 0 aromatic heterocycles. The second-order valence-corrected chi connectivity index (χ2v) is 9.66. The van der Waals surface area contributed by atoms with Crippen LogP contribution < -0.4 is 4.90 Å². The van der Waals surface area contributed by atoms with Crippen LogP contribution in [-0.4, -0.2) is 59.7 Å². The Balaban J connectivity index is 2.90. The summed E-state index contributed by atoms with van der Waals surface area (Å²) in [6, 6.07) is 7.64. The fourth-order valence-electron chi connectivity index (χ4n) is 3.11. The number of hydrogen-bond donors (Lipinski definition) is 2. The molecule has 0 aliphatic carbocycles. The highest BCUT2D eigenvalue weighted by Gasteiger charge is 2.27. The molecular weight excluding hydrogens is 398 g/mol. The van der Waals surface area contributed by atoms with E-state index in [4.69, 9.17) is 9.47 Å². The zero-order chi connectivity index (χ0) is 23.7. The number of carbonyl (C=O) groups is 2. The summed E-state index contributed by atoms with van der Waals surface area (Å²) in [6.07, 6.45) is 0.921. The standard InChI is InChI=1S/C24H39NO6/c1-23(2,3)30-21(28)12-9-19(22(29)31-24(4,5)6)17-18-7-10-20(11-8-18)25(13-15-26)14-16-27/h7-8,10-11,19,26-27H,9,12-17H2,1-6H3. The molecule has 1 aromatic rings. The van der Waals surface area contributed by atoms with Crippen molar-refractivity contribution in [2.75, 3.05) is 31.2 Å². The number of aliphatic hydroxyl groups is 2. The maximum Gasteiger partial charge on any atom is 0.309 e. The van der Waals surface area contributed by atoms with E-state index in [-0.39, 0.29) is 31.6 Å². The second kappa shape index (κ2) is 12.1. The zero-order valence-corrected chi connectivity index (χ0v) is 19.8. The molecule has 1 unspecified atom stereocenters. The normalized spacial score (nSPS) is 12.9. The minimum atomic E-state index is -0.611. The van der Waals surface area contributed by atoms with Crippen LogP contribution in [0.15, 0.2) is 24.3 Å². The summed E-state index contributed by atoms with van der Waals surface area (Å²) < 4.78 is 10.9. The molecule has 0 aliphatic heterocycles. The summed E-state index contributed by atoms with van der Waals surface area (Å²) in [5.74, 6) is -1.13. The SMILES string of the molecule is CC(C)(C)OC(=O)CCC(Cc1ccc(N(CCO)CCO)cc1)C(=O)OC(C)(C)C. The molecule has 0 heterocycles. The quantitative estimate of drug-likeness (QED) is 0.514. The Morgan fingerprint density at radius 3 is 1.87 bits per heavy atom. The number of aliphatic hydroxyl groups excluding tert-OH is 2. The van der Waals surface area contributed by atoms with Crippen molar-refractivity contribution in [2.45, 2.75) is 72.0 Å². The van der Waals surface area contributed by atoms with Gasteiger partial charge in [-0.3, -0.25) is 9.59 Å². The number of nitrogens with zero attached hydrogens (tertiary/aromatic N) is 1. The van der Waals surface area contributed by atoms with Gasteiger partial charge in [-0.1, -0.05) is 12.1 Å². The first-order valence-corrected chi connectivity index (χ1v) is 10.8. The summed E-state index contributed by atoms with van der Waals surface area (Å²) in [4.78, 5) is 26.8. The van der Waals surface area contributed by atoms with Gasteiger partial charge in [0.15, 0.2) is 0 Å². The van der Waals surface area contributed by atoms with E-state index in [0.29, 0.717) is 25.9 Å². The Hall–Kier alpha value is -2.12. The fourth-order valence-corrected chi connectivity index (χ4v) is 3.11. The number of esters is 2. The highest BCUT2D eigenvalue weighted by atomic mass is 16.6. The Morgan fingerprint density at radius 2 is 1.42 bits per heavy atom. The van der Waals surface area contributed by atoms with Gasteiger partial charge in [0.05, 0.1) is 19.1 Å². The molecule has 7 nitrogen and oxygen atoms in total. The van der Waals surface area contributed by atoms with Crippen molar-refractivity contribution in [2.24, 2.45) is 5.92 Å². The first kappa shape index (κ1) is 26.9. The lowest BCUT2D eigenvalue weighted by Crippen LogP contribution is -2.31. The molecule has 0 radical (unpaired) electrons. The third-order valence-electron chi connectivity index (χ3n) is 4.38. The monoisotopic (exact) mass is 437 g/mol. The van der Waals surface area contributed by atoms with Crippen molar-refractivity contribution in [3.63, 3.8) is 0 Å². The average molecular weight is 438 g/mol. The van der Waals surface area contributed by atoms with Gasteiger partial charge in [0.25, 0.3) is 0 Å². The average Bonchev–Trinajstić information content (AvgIpc) is 2.62. The Kier molecular flexibility index (Phi) is 10.5. The Labute approximate surface area is 186 Å². The molecule has 0 saturated heterocycles. The number of carbonyl (C=O) groups excluding carboxylic acids is 2. The lowest BCUT2D eigenvalue weighted by Gasteiger charge is -2.25. The summed E-state index contributed by atoms with van der Waals surface area (Å²) in [5.41, 5.74) is 0.648. The van der Waals surface area contributed by atoms with E-state index in [1.807, 2.05) is 70.7 Å². The maximum atomic E-state index is 12.8. The first-order chi connectivity index (χ1) is 14.3. The van der Waals surface area contributed by atoms with Crippen LogP contribution >= 0.6 is 0 Å². The van der Waals surface area contributed by atoms with Crippen molar-refractivity contribution in [1.82, 2.24) is 0 Å². The Morgan fingerprint density at radius 1 is 0.903 bits per heavy atom. The molecule has 0 aliphatic rings. The van der Waals surface area contributed by atoms with Crippen LogP contribution in [0.4, 0.5) is 5.69 Å². The van der Waals surface area contributed by atoms with E-state index < -0.39 is 17.1 Å². The summed E-state index contributed by atoms with van der Waals surface area (Å²) >= 11 is 0. The number of benzene rings is 1. The van der Waals surface area contributed by atoms with E-state index in [1.54, 1.807) is 0 Å². The van der Waals surface area contributed by atoms with Gasteiger partial charge in [-0.15, -0.1) is 0 Å². The number of anilines is 1. The van der Waals surface area contributed by atoms with Crippen LogP contribution in [0.1, 0.15) is 59.9 Å². The van der Waals surface area contributed by atoms with Gasteiger partial charge < -0.3 is 24.6 Å². The van der Waals surface area contributed by atoms with Gasteiger partial charge in [-0.05, 0) is 72.1 Å². The summed E-state index contributed by atoms with van der Waals surface area (Å²) in [6.45, 7) is 11.7. The van der Waals surface area contributed by atoms with Crippen LogP contribution in [-0.2, 0) is 25.5 Å². The molecule has 0 saturated carbocycles. The minimum absolute atomic E-state index is 0.00681. The highest BCUT2D eigenvalue weighted by molar-refractivity contribution is 5.75. The van der Waals surface area contributed by atoms with Gasteiger partial charge in [-0.25, -0.2) is 0 Å². The maximum absolute atomic E-state index is 12.8.